The van der Waals surface area contributed by atoms with Crippen LogP contribution in [0.4, 0.5) is 5.69 Å². The molecule has 1 aromatic rings. The molecule has 3 rings (SSSR count). The summed E-state index contributed by atoms with van der Waals surface area (Å²) in [6, 6.07) is 6.53. The minimum atomic E-state index is -3.30. The molecule has 2 fully saturated rings. The molecule has 1 atom stereocenters. The summed E-state index contributed by atoms with van der Waals surface area (Å²) in [7, 11) is -3.30. The Morgan fingerprint density at radius 1 is 1.19 bits per heavy atom. The molecule has 0 amide bonds. The first-order chi connectivity index (χ1) is 10.0. The number of thioether (sulfide) groups is 1. The van der Waals surface area contributed by atoms with Gasteiger partial charge in [-0.2, -0.15) is 11.8 Å². The van der Waals surface area contributed by atoms with Crippen molar-refractivity contribution >= 4 is 27.3 Å². The van der Waals surface area contributed by atoms with Crippen LogP contribution in [0, 0.1) is 0 Å². The standard InChI is InChI=1S/C15H21NO3S2/c16-12-1-3-13(4-2-12)21(17,18)14-5-8-19-15(11-14)6-9-20-10-7-15/h1-4,14H,5-11,16H2. The van der Waals surface area contributed by atoms with Crippen molar-refractivity contribution in [2.24, 2.45) is 0 Å². The molecule has 0 aliphatic carbocycles. The van der Waals surface area contributed by atoms with Crippen molar-refractivity contribution in [2.75, 3.05) is 23.8 Å². The fourth-order valence-electron chi connectivity index (χ4n) is 3.19. The Hall–Kier alpha value is -0.720. The first kappa shape index (κ1) is 15.2. The molecule has 6 heteroatoms. The summed E-state index contributed by atoms with van der Waals surface area (Å²) in [5.74, 6) is 2.13. The third-order valence-electron chi connectivity index (χ3n) is 4.50. The van der Waals surface area contributed by atoms with E-state index in [4.69, 9.17) is 10.5 Å². The van der Waals surface area contributed by atoms with Crippen LogP contribution in [0.15, 0.2) is 29.2 Å². The average molecular weight is 327 g/mol. The lowest BCUT2D eigenvalue weighted by Gasteiger charge is -2.43. The Morgan fingerprint density at radius 2 is 1.86 bits per heavy atom. The summed E-state index contributed by atoms with van der Waals surface area (Å²) in [5.41, 5.74) is 6.01. The third-order valence-corrected chi connectivity index (χ3v) is 7.69. The topological polar surface area (TPSA) is 69.4 Å². The van der Waals surface area contributed by atoms with Crippen molar-refractivity contribution < 1.29 is 13.2 Å². The molecule has 4 nitrogen and oxygen atoms in total. The van der Waals surface area contributed by atoms with Crippen LogP contribution in [0.1, 0.15) is 25.7 Å². The van der Waals surface area contributed by atoms with Crippen molar-refractivity contribution in [3.05, 3.63) is 24.3 Å². The number of rotatable bonds is 2. The van der Waals surface area contributed by atoms with Crippen molar-refractivity contribution in [1.29, 1.82) is 0 Å². The Balaban J connectivity index is 1.83. The van der Waals surface area contributed by atoms with E-state index in [1.807, 2.05) is 11.8 Å². The molecule has 0 bridgehead atoms. The smallest absolute Gasteiger partial charge is 0.181 e. The first-order valence-electron chi connectivity index (χ1n) is 7.33. The van der Waals surface area contributed by atoms with Crippen LogP contribution in [0.5, 0.6) is 0 Å². The zero-order chi connectivity index (χ0) is 14.9. The van der Waals surface area contributed by atoms with E-state index in [-0.39, 0.29) is 10.9 Å². The summed E-state index contributed by atoms with van der Waals surface area (Å²) in [5, 5.41) is -0.335. The number of hydrogen-bond donors (Lipinski definition) is 1. The molecule has 2 heterocycles. The van der Waals surface area contributed by atoms with Crippen LogP contribution in [-0.4, -0.2) is 37.4 Å². The maximum Gasteiger partial charge on any atom is 0.181 e. The lowest BCUT2D eigenvalue weighted by atomic mass is 9.88. The second-order valence-corrected chi connectivity index (χ2v) is 9.33. The normalized spacial score (nSPS) is 25.8. The highest BCUT2D eigenvalue weighted by molar-refractivity contribution is 7.99. The molecule has 2 aliphatic heterocycles. The first-order valence-corrected chi connectivity index (χ1v) is 10.0. The minimum Gasteiger partial charge on any atom is -0.399 e. The van der Waals surface area contributed by atoms with Crippen LogP contribution in [0.25, 0.3) is 0 Å². The van der Waals surface area contributed by atoms with Crippen LogP contribution < -0.4 is 5.73 Å². The van der Waals surface area contributed by atoms with Crippen molar-refractivity contribution in [3.63, 3.8) is 0 Å². The molecule has 116 valence electrons. The molecule has 0 aromatic heterocycles. The van der Waals surface area contributed by atoms with Crippen LogP contribution in [0.2, 0.25) is 0 Å². The highest BCUT2D eigenvalue weighted by Crippen LogP contribution is 2.40. The molecule has 2 aliphatic rings. The monoisotopic (exact) mass is 327 g/mol. The Labute approximate surface area is 130 Å². The predicted molar refractivity (Wildman–Crippen MR) is 86.3 cm³/mol. The Kier molecular flexibility index (Phi) is 4.21. The molecule has 0 saturated carbocycles. The number of anilines is 1. The largest absolute Gasteiger partial charge is 0.399 e. The summed E-state index contributed by atoms with van der Waals surface area (Å²) in [6.45, 7) is 0.545. The maximum absolute atomic E-state index is 12.8. The summed E-state index contributed by atoms with van der Waals surface area (Å²) in [6.07, 6.45) is 3.14. The van der Waals surface area contributed by atoms with E-state index < -0.39 is 9.84 Å². The second kappa shape index (κ2) is 5.82. The van der Waals surface area contributed by atoms with Gasteiger partial charge < -0.3 is 10.5 Å². The molecular formula is C15H21NO3S2. The lowest BCUT2D eigenvalue weighted by Crippen LogP contribution is -2.46. The number of nitrogens with two attached hydrogens (primary N) is 1. The molecule has 2 N–H and O–H groups in total. The van der Waals surface area contributed by atoms with E-state index in [0.717, 1.165) is 24.3 Å². The van der Waals surface area contributed by atoms with Gasteiger partial charge in [0, 0.05) is 12.3 Å². The van der Waals surface area contributed by atoms with Gasteiger partial charge in [0.15, 0.2) is 9.84 Å². The fraction of sp³-hybridized carbons (Fsp3) is 0.600. The fourth-order valence-corrected chi connectivity index (χ4v) is 6.26. The maximum atomic E-state index is 12.8. The number of nitrogen functional groups attached to an aromatic ring is 1. The van der Waals surface area contributed by atoms with Crippen molar-refractivity contribution in [1.82, 2.24) is 0 Å². The summed E-state index contributed by atoms with van der Waals surface area (Å²) < 4.78 is 31.6. The molecular weight excluding hydrogens is 306 g/mol. The zero-order valence-electron chi connectivity index (χ0n) is 12.0. The second-order valence-electron chi connectivity index (χ2n) is 5.87. The molecule has 2 saturated heterocycles. The van der Waals surface area contributed by atoms with E-state index in [1.54, 1.807) is 24.3 Å². The average Bonchev–Trinajstić information content (AvgIpc) is 2.48. The van der Waals surface area contributed by atoms with Gasteiger partial charge in [0.2, 0.25) is 0 Å². The van der Waals surface area contributed by atoms with Gasteiger partial charge in [-0.05, 0) is 61.5 Å². The summed E-state index contributed by atoms with van der Waals surface area (Å²) >= 11 is 1.93. The van der Waals surface area contributed by atoms with E-state index in [9.17, 15) is 8.42 Å². The quantitative estimate of drug-likeness (QED) is 0.845. The predicted octanol–water partition coefficient (Wildman–Crippen LogP) is 2.49. The van der Waals surface area contributed by atoms with E-state index >= 15 is 0 Å². The third kappa shape index (κ3) is 3.07. The van der Waals surface area contributed by atoms with Gasteiger partial charge in [-0.3, -0.25) is 0 Å². The molecule has 1 spiro atoms. The van der Waals surface area contributed by atoms with Crippen LogP contribution >= 0.6 is 11.8 Å². The van der Waals surface area contributed by atoms with Crippen LogP contribution in [-0.2, 0) is 14.6 Å². The molecule has 21 heavy (non-hydrogen) atoms. The number of ether oxygens (including phenoxy) is 1. The number of hydrogen-bond acceptors (Lipinski definition) is 5. The minimum absolute atomic E-state index is 0.213. The van der Waals surface area contributed by atoms with E-state index in [2.05, 4.69) is 0 Å². The van der Waals surface area contributed by atoms with Gasteiger partial charge in [0.25, 0.3) is 0 Å². The zero-order valence-corrected chi connectivity index (χ0v) is 13.6. The highest BCUT2D eigenvalue weighted by atomic mass is 32.2. The number of benzene rings is 1. The van der Waals surface area contributed by atoms with E-state index in [1.165, 1.54) is 0 Å². The molecule has 1 unspecified atom stereocenters. The summed E-state index contributed by atoms with van der Waals surface area (Å²) in [4.78, 5) is 0.379. The van der Waals surface area contributed by atoms with Crippen molar-refractivity contribution in [2.45, 2.75) is 41.4 Å². The SMILES string of the molecule is Nc1ccc(S(=O)(=O)C2CCOC3(CCSCC3)C2)cc1. The number of sulfone groups is 1. The van der Waals surface area contributed by atoms with Gasteiger partial charge in [-0.25, -0.2) is 8.42 Å². The van der Waals surface area contributed by atoms with Gasteiger partial charge in [-0.1, -0.05) is 0 Å². The van der Waals surface area contributed by atoms with Gasteiger partial charge in [0.05, 0.1) is 15.7 Å². The van der Waals surface area contributed by atoms with Gasteiger partial charge >= 0.3 is 0 Å². The van der Waals surface area contributed by atoms with E-state index in [0.29, 0.717) is 30.0 Å². The lowest BCUT2D eigenvalue weighted by molar-refractivity contribution is -0.0813. The van der Waals surface area contributed by atoms with Crippen molar-refractivity contribution in [3.8, 4) is 0 Å². The molecule has 1 aromatic carbocycles. The Bertz CT molecular complexity index is 586. The highest BCUT2D eigenvalue weighted by Gasteiger charge is 2.43. The van der Waals surface area contributed by atoms with Gasteiger partial charge in [-0.15, -0.1) is 0 Å². The van der Waals surface area contributed by atoms with Crippen LogP contribution in [0.3, 0.4) is 0 Å². The van der Waals surface area contributed by atoms with Gasteiger partial charge in [0.1, 0.15) is 0 Å². The molecule has 0 radical (unpaired) electrons. The Morgan fingerprint density at radius 3 is 2.52 bits per heavy atom.